The summed E-state index contributed by atoms with van der Waals surface area (Å²) in [7, 11) is 4.77. The molecule has 2 N–H and O–H groups in total. The second-order valence-electron chi connectivity index (χ2n) is 5.12. The van der Waals surface area contributed by atoms with E-state index in [4.69, 9.17) is 19.3 Å². The Hall–Kier alpha value is -2.73. The number of carbonyl (C=O) groups is 1. The van der Waals surface area contributed by atoms with Crippen molar-refractivity contribution >= 4 is 5.97 Å². The predicted octanol–water partition coefficient (Wildman–Crippen LogP) is 2.70. The lowest BCUT2D eigenvalue weighted by Crippen LogP contribution is -2.14. The third-order valence-corrected chi connectivity index (χ3v) is 3.63. The topological polar surface area (TPSA) is 77.0 Å². The van der Waals surface area contributed by atoms with E-state index in [1.807, 2.05) is 6.07 Å². The number of benzene rings is 2. The maximum absolute atomic E-state index is 10.8. The van der Waals surface area contributed by atoms with Crippen LogP contribution in [0.3, 0.4) is 0 Å². The van der Waals surface area contributed by atoms with Crippen LogP contribution < -0.4 is 19.5 Å². The average Bonchev–Trinajstić information content (AvgIpc) is 2.61. The van der Waals surface area contributed by atoms with Crippen molar-refractivity contribution in [3.05, 3.63) is 53.1 Å². The highest BCUT2D eigenvalue weighted by Crippen LogP contribution is 2.34. The molecule has 6 heteroatoms. The van der Waals surface area contributed by atoms with Crippen LogP contribution in [0.1, 0.15) is 21.5 Å². The molecule has 128 valence electrons. The Kier molecular flexibility index (Phi) is 6.03. The zero-order valence-electron chi connectivity index (χ0n) is 14.0. The van der Waals surface area contributed by atoms with Gasteiger partial charge in [-0.1, -0.05) is 12.1 Å². The first-order valence-corrected chi connectivity index (χ1v) is 7.41. The molecule has 0 fully saturated rings. The molecular formula is C18H21NO5. The number of carboxylic acid groups (broad SMARTS) is 1. The van der Waals surface area contributed by atoms with Crippen LogP contribution in [0.15, 0.2) is 36.4 Å². The molecule has 0 spiro atoms. The summed E-state index contributed by atoms with van der Waals surface area (Å²) < 4.78 is 16.0. The first-order valence-electron chi connectivity index (χ1n) is 7.41. The van der Waals surface area contributed by atoms with E-state index >= 15 is 0 Å². The Morgan fingerprint density at radius 3 is 2.04 bits per heavy atom. The van der Waals surface area contributed by atoms with E-state index in [2.05, 4.69) is 5.32 Å². The molecule has 0 aliphatic rings. The number of aromatic carboxylic acids is 1. The lowest BCUT2D eigenvalue weighted by Gasteiger charge is -2.14. The molecule has 2 aromatic rings. The third kappa shape index (κ3) is 4.17. The minimum Gasteiger partial charge on any atom is -0.496 e. The molecule has 0 aromatic heterocycles. The van der Waals surface area contributed by atoms with Crippen LogP contribution in [-0.2, 0) is 13.1 Å². The number of nitrogens with one attached hydrogen (secondary N) is 1. The minimum absolute atomic E-state index is 0.278. The van der Waals surface area contributed by atoms with Gasteiger partial charge in [-0.25, -0.2) is 4.79 Å². The second-order valence-corrected chi connectivity index (χ2v) is 5.12. The SMILES string of the molecule is COc1cc(OC)c(OC)cc1CNCc1ccc(C(=O)O)cc1. The Balaban J connectivity index is 2.04. The van der Waals surface area contributed by atoms with Gasteiger partial charge in [-0.05, 0) is 23.8 Å². The van der Waals surface area contributed by atoms with Crippen LogP contribution in [0.2, 0.25) is 0 Å². The molecule has 0 aliphatic carbocycles. The summed E-state index contributed by atoms with van der Waals surface area (Å²) in [4.78, 5) is 10.8. The van der Waals surface area contributed by atoms with Gasteiger partial charge in [0.1, 0.15) is 5.75 Å². The van der Waals surface area contributed by atoms with E-state index in [1.54, 1.807) is 51.7 Å². The quantitative estimate of drug-likeness (QED) is 0.774. The molecule has 0 unspecified atom stereocenters. The molecule has 0 amide bonds. The maximum Gasteiger partial charge on any atom is 0.335 e. The summed E-state index contributed by atoms with van der Waals surface area (Å²) >= 11 is 0. The zero-order chi connectivity index (χ0) is 17.5. The van der Waals surface area contributed by atoms with E-state index in [0.29, 0.717) is 30.3 Å². The van der Waals surface area contributed by atoms with Gasteiger partial charge in [0.05, 0.1) is 26.9 Å². The largest absolute Gasteiger partial charge is 0.496 e. The first kappa shape index (κ1) is 17.6. The number of rotatable bonds is 8. The van der Waals surface area contributed by atoms with Gasteiger partial charge in [-0.2, -0.15) is 0 Å². The first-order chi connectivity index (χ1) is 11.6. The predicted molar refractivity (Wildman–Crippen MR) is 90.0 cm³/mol. The molecule has 6 nitrogen and oxygen atoms in total. The van der Waals surface area contributed by atoms with Crippen LogP contribution in [0.5, 0.6) is 17.2 Å². The molecule has 0 saturated heterocycles. The summed E-state index contributed by atoms with van der Waals surface area (Å²) in [5.41, 5.74) is 2.22. The van der Waals surface area contributed by atoms with Crippen molar-refractivity contribution in [2.75, 3.05) is 21.3 Å². The number of hydrogen-bond donors (Lipinski definition) is 2. The van der Waals surface area contributed by atoms with E-state index in [0.717, 1.165) is 11.1 Å². The zero-order valence-corrected chi connectivity index (χ0v) is 14.0. The van der Waals surface area contributed by atoms with Crippen molar-refractivity contribution in [2.45, 2.75) is 13.1 Å². The minimum atomic E-state index is -0.926. The van der Waals surface area contributed by atoms with Gasteiger partial charge in [0.25, 0.3) is 0 Å². The maximum atomic E-state index is 10.8. The van der Waals surface area contributed by atoms with Crippen LogP contribution in [0.25, 0.3) is 0 Å². The van der Waals surface area contributed by atoms with Gasteiger partial charge >= 0.3 is 5.97 Å². The smallest absolute Gasteiger partial charge is 0.335 e. The van der Waals surface area contributed by atoms with Crippen molar-refractivity contribution in [1.29, 1.82) is 0 Å². The Morgan fingerprint density at radius 2 is 1.50 bits per heavy atom. The van der Waals surface area contributed by atoms with E-state index in [1.165, 1.54) is 0 Å². The fourth-order valence-corrected chi connectivity index (χ4v) is 2.34. The molecule has 0 atom stereocenters. The van der Waals surface area contributed by atoms with Crippen LogP contribution in [-0.4, -0.2) is 32.4 Å². The van der Waals surface area contributed by atoms with Crippen molar-refractivity contribution in [2.24, 2.45) is 0 Å². The van der Waals surface area contributed by atoms with Gasteiger partial charge in [0.15, 0.2) is 11.5 Å². The number of methoxy groups -OCH3 is 3. The lowest BCUT2D eigenvalue weighted by atomic mass is 10.1. The highest BCUT2D eigenvalue weighted by atomic mass is 16.5. The third-order valence-electron chi connectivity index (χ3n) is 3.63. The van der Waals surface area contributed by atoms with Crippen molar-refractivity contribution in [1.82, 2.24) is 5.32 Å². The molecule has 2 aromatic carbocycles. The highest BCUT2D eigenvalue weighted by molar-refractivity contribution is 5.87. The summed E-state index contributed by atoms with van der Waals surface area (Å²) in [6.07, 6.45) is 0. The molecule has 0 heterocycles. The van der Waals surface area contributed by atoms with Crippen molar-refractivity contribution < 1.29 is 24.1 Å². The van der Waals surface area contributed by atoms with Crippen LogP contribution in [0.4, 0.5) is 0 Å². The second kappa shape index (κ2) is 8.21. The fourth-order valence-electron chi connectivity index (χ4n) is 2.34. The summed E-state index contributed by atoms with van der Waals surface area (Å²) in [5.74, 6) is 1.04. The van der Waals surface area contributed by atoms with Gasteiger partial charge < -0.3 is 24.6 Å². The molecule has 0 radical (unpaired) electrons. The van der Waals surface area contributed by atoms with Gasteiger partial charge in [-0.15, -0.1) is 0 Å². The Morgan fingerprint density at radius 1 is 0.917 bits per heavy atom. The monoisotopic (exact) mass is 331 g/mol. The molecule has 0 bridgehead atoms. The van der Waals surface area contributed by atoms with Gasteiger partial charge in [0.2, 0.25) is 0 Å². The lowest BCUT2D eigenvalue weighted by molar-refractivity contribution is 0.0697. The van der Waals surface area contributed by atoms with E-state index in [9.17, 15) is 4.79 Å². The fraction of sp³-hybridized carbons (Fsp3) is 0.278. The number of carboxylic acids is 1. The molecule has 0 saturated carbocycles. The van der Waals surface area contributed by atoms with Gasteiger partial charge in [0, 0.05) is 24.7 Å². The summed E-state index contributed by atoms with van der Waals surface area (Å²) in [6.45, 7) is 1.18. The Bertz CT molecular complexity index is 697. The molecule has 0 aliphatic heterocycles. The molecule has 2 rings (SSSR count). The molecule has 24 heavy (non-hydrogen) atoms. The van der Waals surface area contributed by atoms with Crippen LogP contribution in [0, 0.1) is 0 Å². The van der Waals surface area contributed by atoms with Crippen molar-refractivity contribution in [3.63, 3.8) is 0 Å². The highest BCUT2D eigenvalue weighted by Gasteiger charge is 2.11. The normalized spacial score (nSPS) is 10.3. The summed E-state index contributed by atoms with van der Waals surface area (Å²) in [6, 6.07) is 10.4. The van der Waals surface area contributed by atoms with Gasteiger partial charge in [-0.3, -0.25) is 0 Å². The Labute approximate surface area is 141 Å². The average molecular weight is 331 g/mol. The van der Waals surface area contributed by atoms with Crippen molar-refractivity contribution in [3.8, 4) is 17.2 Å². The van der Waals surface area contributed by atoms with E-state index < -0.39 is 5.97 Å². The summed E-state index contributed by atoms with van der Waals surface area (Å²) in [5, 5.41) is 12.2. The molecular weight excluding hydrogens is 310 g/mol. The van der Waals surface area contributed by atoms with E-state index in [-0.39, 0.29) is 5.56 Å². The number of hydrogen-bond acceptors (Lipinski definition) is 5. The van der Waals surface area contributed by atoms with Crippen LogP contribution >= 0.6 is 0 Å². The number of ether oxygens (including phenoxy) is 3. The standard InChI is InChI=1S/C18H21NO5/c1-22-15-9-17(24-3)16(23-2)8-14(15)11-19-10-12-4-6-13(7-5-12)18(20)21/h4-9,19H,10-11H2,1-3H3,(H,20,21).